The Labute approximate surface area is 165 Å². The van der Waals surface area contributed by atoms with E-state index in [0.29, 0.717) is 12.5 Å². The highest BCUT2D eigenvalue weighted by Crippen LogP contribution is 2.27. The van der Waals surface area contributed by atoms with Crippen molar-refractivity contribution in [2.45, 2.75) is 32.4 Å². The van der Waals surface area contributed by atoms with Gasteiger partial charge in [-0.3, -0.25) is 4.98 Å². The molecule has 0 saturated heterocycles. The van der Waals surface area contributed by atoms with Crippen molar-refractivity contribution in [1.29, 1.82) is 0 Å². The summed E-state index contributed by atoms with van der Waals surface area (Å²) < 4.78 is 2.00. The maximum absolute atomic E-state index is 5.64. The average Bonchev–Trinajstić information content (AvgIpc) is 3.41. The summed E-state index contributed by atoms with van der Waals surface area (Å²) in [7, 11) is 0. The van der Waals surface area contributed by atoms with Crippen molar-refractivity contribution in [2.75, 3.05) is 0 Å². The van der Waals surface area contributed by atoms with E-state index in [4.69, 9.17) is 4.84 Å². The molecule has 0 amide bonds. The zero-order chi connectivity index (χ0) is 19.2. The number of rotatable bonds is 6. The van der Waals surface area contributed by atoms with E-state index >= 15 is 0 Å². The van der Waals surface area contributed by atoms with Gasteiger partial charge in [0.15, 0.2) is 6.61 Å². The van der Waals surface area contributed by atoms with Crippen molar-refractivity contribution in [3.05, 3.63) is 84.2 Å². The predicted molar refractivity (Wildman–Crippen MR) is 109 cm³/mol. The first-order chi connectivity index (χ1) is 13.8. The van der Waals surface area contributed by atoms with Gasteiger partial charge in [-0.05, 0) is 44.0 Å². The van der Waals surface area contributed by atoms with E-state index in [1.807, 2.05) is 53.2 Å². The predicted octanol–water partition coefficient (Wildman–Crippen LogP) is 4.22. The molecule has 1 aromatic carbocycles. The minimum atomic E-state index is -0.0189. The summed E-state index contributed by atoms with van der Waals surface area (Å²) >= 11 is 0. The molecular weight excluding hydrogens is 348 g/mol. The molecule has 4 rings (SSSR count). The summed E-state index contributed by atoms with van der Waals surface area (Å²) in [5.41, 5.74) is 3.70. The molecule has 28 heavy (non-hydrogen) atoms. The normalized spacial score (nSPS) is 14.8. The van der Waals surface area contributed by atoms with Gasteiger partial charge in [0.2, 0.25) is 0 Å². The second-order valence-corrected chi connectivity index (χ2v) is 6.88. The van der Waals surface area contributed by atoms with Crippen LogP contribution in [0, 0.1) is 17.8 Å². The zero-order valence-electron chi connectivity index (χ0n) is 15.8. The smallest absolute Gasteiger partial charge is 0.159 e. The molecule has 0 N–H and O–H groups in total. The first-order valence-electron chi connectivity index (χ1n) is 9.49. The van der Waals surface area contributed by atoms with Crippen LogP contribution < -0.4 is 0 Å². The highest BCUT2D eigenvalue weighted by Gasteiger charge is 2.18. The van der Waals surface area contributed by atoms with Crippen LogP contribution in [-0.4, -0.2) is 20.2 Å². The summed E-state index contributed by atoms with van der Waals surface area (Å²) in [5, 5.41) is 4.45. The number of hydrogen-bond donors (Lipinski definition) is 0. The number of oxime groups is 1. The fourth-order valence-corrected chi connectivity index (χ4v) is 2.80. The second kappa shape index (κ2) is 8.53. The third-order valence-electron chi connectivity index (χ3n) is 4.65. The molecule has 1 aliphatic carbocycles. The number of benzene rings is 1. The highest BCUT2D eigenvalue weighted by molar-refractivity contribution is 6.02. The third kappa shape index (κ3) is 4.66. The molecular formula is C23H22N4O. The van der Waals surface area contributed by atoms with Crippen molar-refractivity contribution in [3.8, 4) is 11.8 Å². The lowest BCUT2D eigenvalue weighted by Gasteiger charge is -2.16. The summed E-state index contributed by atoms with van der Waals surface area (Å²) in [6.45, 7) is 2.40. The number of hydrogen-bond acceptors (Lipinski definition) is 4. The summed E-state index contributed by atoms with van der Waals surface area (Å²) in [5.74, 6) is 7.14. The van der Waals surface area contributed by atoms with Crippen LogP contribution in [0.25, 0.3) is 0 Å². The first kappa shape index (κ1) is 18.0. The lowest BCUT2D eigenvalue weighted by Crippen LogP contribution is -2.17. The van der Waals surface area contributed by atoms with E-state index in [1.54, 1.807) is 18.7 Å². The monoisotopic (exact) mass is 370 g/mol. The molecule has 2 heterocycles. The molecule has 0 radical (unpaired) electrons. The van der Waals surface area contributed by atoms with E-state index < -0.39 is 0 Å². The van der Waals surface area contributed by atoms with Crippen molar-refractivity contribution < 1.29 is 4.84 Å². The van der Waals surface area contributed by atoms with Crippen molar-refractivity contribution in [3.63, 3.8) is 0 Å². The number of aromatic nitrogens is 3. The molecule has 1 fully saturated rings. The largest absolute Gasteiger partial charge is 0.389 e. The van der Waals surface area contributed by atoms with Gasteiger partial charge in [-0.25, -0.2) is 4.98 Å². The van der Waals surface area contributed by atoms with E-state index in [-0.39, 0.29) is 6.04 Å². The Morgan fingerprint density at radius 2 is 2.07 bits per heavy atom. The fraction of sp³-hybridized carbons (Fsp3) is 0.261. The van der Waals surface area contributed by atoms with Gasteiger partial charge in [-0.15, -0.1) is 0 Å². The Morgan fingerprint density at radius 1 is 1.21 bits per heavy atom. The summed E-state index contributed by atoms with van der Waals surface area (Å²) in [4.78, 5) is 14.1. The molecule has 1 unspecified atom stereocenters. The van der Waals surface area contributed by atoms with E-state index in [1.165, 1.54) is 12.8 Å². The Morgan fingerprint density at radius 3 is 2.75 bits per heavy atom. The molecule has 0 bridgehead atoms. The Hall–Kier alpha value is -3.39. The first-order valence-corrected chi connectivity index (χ1v) is 9.49. The molecule has 2 aromatic heterocycles. The van der Waals surface area contributed by atoms with Gasteiger partial charge in [-0.2, -0.15) is 0 Å². The van der Waals surface area contributed by atoms with Gasteiger partial charge in [0.25, 0.3) is 0 Å². The van der Waals surface area contributed by atoms with E-state index in [2.05, 4.69) is 33.9 Å². The topological polar surface area (TPSA) is 52.3 Å². The summed E-state index contributed by atoms with van der Waals surface area (Å²) in [6, 6.07) is 13.9. The van der Waals surface area contributed by atoms with Gasteiger partial charge in [-0.1, -0.05) is 35.2 Å². The van der Waals surface area contributed by atoms with Crippen molar-refractivity contribution >= 4 is 5.71 Å². The van der Waals surface area contributed by atoms with Gasteiger partial charge >= 0.3 is 0 Å². The lowest BCUT2D eigenvalue weighted by molar-refractivity contribution is 0.126. The standard InChI is InChI=1S/C23H22N4O/c1-18(27-15-14-24-17-27)23(26-28-16-22-4-2-3-13-25-22)21-11-9-20(10-12-21)8-7-19-5-6-19/h2-4,9-15,17-19H,5-6,16H2,1H3. The molecule has 1 atom stereocenters. The van der Waals surface area contributed by atoms with Crippen LogP contribution in [0.1, 0.15) is 42.6 Å². The number of nitrogens with zero attached hydrogens (tertiary/aromatic N) is 4. The molecule has 5 nitrogen and oxygen atoms in total. The Balaban J connectivity index is 1.55. The van der Waals surface area contributed by atoms with Crippen molar-refractivity contribution in [1.82, 2.24) is 14.5 Å². The van der Waals surface area contributed by atoms with Gasteiger partial charge in [0.1, 0.15) is 5.71 Å². The van der Waals surface area contributed by atoms with E-state index in [0.717, 1.165) is 22.5 Å². The molecule has 1 aliphatic rings. The van der Waals surface area contributed by atoms with Crippen LogP contribution >= 0.6 is 0 Å². The van der Waals surface area contributed by atoms with Crippen molar-refractivity contribution in [2.24, 2.45) is 11.1 Å². The second-order valence-electron chi connectivity index (χ2n) is 6.88. The average molecular weight is 370 g/mol. The quantitative estimate of drug-likeness (QED) is 0.371. The van der Waals surface area contributed by atoms with Gasteiger partial charge in [0, 0.05) is 35.6 Å². The van der Waals surface area contributed by atoms with Crippen LogP contribution in [0.15, 0.2) is 72.5 Å². The Kier molecular flexibility index (Phi) is 5.48. The number of imidazole rings is 1. The summed E-state index contributed by atoms with van der Waals surface area (Å²) in [6.07, 6.45) is 9.69. The Bertz CT molecular complexity index is 979. The zero-order valence-corrected chi connectivity index (χ0v) is 15.8. The van der Waals surface area contributed by atoms with Gasteiger partial charge < -0.3 is 9.40 Å². The van der Waals surface area contributed by atoms with Crippen LogP contribution in [-0.2, 0) is 11.4 Å². The van der Waals surface area contributed by atoms with Crippen LogP contribution in [0.2, 0.25) is 0 Å². The fourth-order valence-electron chi connectivity index (χ4n) is 2.80. The van der Waals surface area contributed by atoms with Crippen LogP contribution in [0.5, 0.6) is 0 Å². The molecule has 1 saturated carbocycles. The SMILES string of the molecule is CC(C(=NOCc1ccccn1)c1ccc(C#CC2CC2)cc1)n1ccnc1. The van der Waals surface area contributed by atoms with Gasteiger partial charge in [0.05, 0.1) is 18.1 Å². The molecule has 0 aliphatic heterocycles. The maximum atomic E-state index is 5.64. The minimum Gasteiger partial charge on any atom is -0.389 e. The van der Waals surface area contributed by atoms with E-state index in [9.17, 15) is 0 Å². The minimum absolute atomic E-state index is 0.0189. The molecule has 140 valence electrons. The molecule has 3 aromatic rings. The lowest BCUT2D eigenvalue weighted by atomic mass is 10.0. The molecule has 0 spiro atoms. The molecule has 5 heteroatoms. The highest BCUT2D eigenvalue weighted by atomic mass is 16.6. The third-order valence-corrected chi connectivity index (χ3v) is 4.65. The maximum Gasteiger partial charge on any atom is 0.159 e. The number of pyridine rings is 1. The van der Waals surface area contributed by atoms with Crippen LogP contribution in [0.4, 0.5) is 0 Å². The van der Waals surface area contributed by atoms with Crippen LogP contribution in [0.3, 0.4) is 0 Å².